The SMILES string of the molecule is Cc1ccccc1OCC(=O)OCC(=O)NCCC(c1ccccc1)c1ccccc1. The summed E-state index contributed by atoms with van der Waals surface area (Å²) < 4.78 is 10.5. The van der Waals surface area contributed by atoms with Crippen LogP contribution in [-0.2, 0) is 14.3 Å². The topological polar surface area (TPSA) is 64.6 Å². The summed E-state index contributed by atoms with van der Waals surface area (Å²) in [6, 6.07) is 27.8. The summed E-state index contributed by atoms with van der Waals surface area (Å²) in [5.74, 6) is -0.113. The fourth-order valence-electron chi connectivity index (χ4n) is 3.35. The molecule has 1 amide bonds. The average Bonchev–Trinajstić information content (AvgIpc) is 2.81. The molecule has 5 nitrogen and oxygen atoms in total. The highest BCUT2D eigenvalue weighted by atomic mass is 16.6. The van der Waals surface area contributed by atoms with Crippen molar-refractivity contribution >= 4 is 11.9 Å². The minimum Gasteiger partial charge on any atom is -0.482 e. The van der Waals surface area contributed by atoms with E-state index in [0.29, 0.717) is 12.3 Å². The molecule has 5 heteroatoms. The average molecular weight is 418 g/mol. The number of hydrogen-bond acceptors (Lipinski definition) is 4. The Bertz CT molecular complexity index is 933. The lowest BCUT2D eigenvalue weighted by atomic mass is 9.88. The van der Waals surface area contributed by atoms with Crippen LogP contribution < -0.4 is 10.1 Å². The molecular formula is C26H27NO4. The van der Waals surface area contributed by atoms with Gasteiger partial charge >= 0.3 is 5.97 Å². The zero-order chi connectivity index (χ0) is 21.9. The Labute approximate surface area is 183 Å². The predicted molar refractivity (Wildman–Crippen MR) is 120 cm³/mol. The highest BCUT2D eigenvalue weighted by molar-refractivity contribution is 5.80. The first-order valence-corrected chi connectivity index (χ1v) is 10.3. The van der Waals surface area contributed by atoms with E-state index >= 15 is 0 Å². The van der Waals surface area contributed by atoms with Gasteiger partial charge in [0, 0.05) is 12.5 Å². The van der Waals surface area contributed by atoms with Crippen LogP contribution in [0.25, 0.3) is 0 Å². The summed E-state index contributed by atoms with van der Waals surface area (Å²) in [5.41, 5.74) is 3.32. The van der Waals surface area contributed by atoms with Gasteiger partial charge in [-0.05, 0) is 36.1 Å². The van der Waals surface area contributed by atoms with Crippen molar-refractivity contribution in [3.63, 3.8) is 0 Å². The van der Waals surface area contributed by atoms with Gasteiger partial charge < -0.3 is 14.8 Å². The Hall–Kier alpha value is -3.60. The maximum atomic E-state index is 12.1. The van der Waals surface area contributed by atoms with Crippen LogP contribution in [-0.4, -0.2) is 31.6 Å². The molecule has 0 aromatic heterocycles. The minimum atomic E-state index is -0.579. The van der Waals surface area contributed by atoms with Crippen molar-refractivity contribution < 1.29 is 19.1 Å². The van der Waals surface area contributed by atoms with Crippen LogP contribution >= 0.6 is 0 Å². The molecule has 31 heavy (non-hydrogen) atoms. The van der Waals surface area contributed by atoms with E-state index in [2.05, 4.69) is 29.6 Å². The normalized spacial score (nSPS) is 10.5. The third-order valence-corrected chi connectivity index (χ3v) is 4.96. The second-order valence-corrected chi connectivity index (χ2v) is 7.23. The molecule has 0 aliphatic carbocycles. The van der Waals surface area contributed by atoms with Crippen molar-refractivity contribution in [2.75, 3.05) is 19.8 Å². The second kappa shape index (κ2) is 11.6. The summed E-state index contributed by atoms with van der Waals surface area (Å²) in [4.78, 5) is 24.0. The summed E-state index contributed by atoms with van der Waals surface area (Å²) in [7, 11) is 0. The van der Waals surface area contributed by atoms with Gasteiger partial charge in [0.2, 0.25) is 0 Å². The summed E-state index contributed by atoms with van der Waals surface area (Å²) in [6.45, 7) is 1.82. The van der Waals surface area contributed by atoms with Crippen LogP contribution in [0.4, 0.5) is 0 Å². The number of carbonyl (C=O) groups is 2. The Kier molecular flexibility index (Phi) is 8.23. The predicted octanol–water partition coefficient (Wildman–Crippen LogP) is 4.26. The lowest BCUT2D eigenvalue weighted by molar-refractivity contribution is -0.150. The fourth-order valence-corrected chi connectivity index (χ4v) is 3.35. The third-order valence-electron chi connectivity index (χ3n) is 4.96. The molecule has 0 saturated carbocycles. The zero-order valence-corrected chi connectivity index (χ0v) is 17.6. The highest BCUT2D eigenvalue weighted by Gasteiger charge is 2.15. The molecule has 1 N–H and O–H groups in total. The largest absolute Gasteiger partial charge is 0.482 e. The van der Waals surface area contributed by atoms with E-state index in [1.807, 2.05) is 61.5 Å². The number of hydrogen-bond donors (Lipinski definition) is 1. The molecule has 3 rings (SSSR count). The quantitative estimate of drug-likeness (QED) is 0.501. The van der Waals surface area contributed by atoms with Crippen molar-refractivity contribution in [2.24, 2.45) is 0 Å². The molecule has 0 spiro atoms. The molecule has 3 aromatic carbocycles. The van der Waals surface area contributed by atoms with Gasteiger partial charge in [-0.1, -0.05) is 78.9 Å². The first kappa shape index (κ1) is 22.1. The molecule has 0 saturated heterocycles. The summed E-state index contributed by atoms with van der Waals surface area (Å²) in [6.07, 6.45) is 0.740. The van der Waals surface area contributed by atoms with Gasteiger partial charge in [-0.3, -0.25) is 4.79 Å². The van der Waals surface area contributed by atoms with Crippen LogP contribution in [0.3, 0.4) is 0 Å². The molecule has 0 atom stereocenters. The van der Waals surface area contributed by atoms with Gasteiger partial charge in [0.15, 0.2) is 13.2 Å². The number of carbonyl (C=O) groups excluding carboxylic acids is 2. The second-order valence-electron chi connectivity index (χ2n) is 7.23. The maximum absolute atomic E-state index is 12.1. The van der Waals surface area contributed by atoms with E-state index in [-0.39, 0.29) is 25.0 Å². The van der Waals surface area contributed by atoms with E-state index in [1.54, 1.807) is 6.07 Å². The highest BCUT2D eigenvalue weighted by Crippen LogP contribution is 2.27. The van der Waals surface area contributed by atoms with E-state index in [0.717, 1.165) is 12.0 Å². The standard InChI is InChI=1S/C26H27NO4/c1-20-10-8-9-15-24(20)30-19-26(29)31-18-25(28)27-17-16-23(21-11-4-2-5-12-21)22-13-6-3-7-14-22/h2-15,23H,16-19H2,1H3,(H,27,28). The molecule has 160 valence electrons. The Morgan fingerprint density at radius 2 is 1.39 bits per heavy atom. The number of amides is 1. The van der Waals surface area contributed by atoms with Gasteiger partial charge in [-0.15, -0.1) is 0 Å². The number of esters is 1. The Balaban J connectivity index is 1.43. The first-order chi connectivity index (χ1) is 15.1. The first-order valence-electron chi connectivity index (χ1n) is 10.3. The lowest BCUT2D eigenvalue weighted by Crippen LogP contribution is -2.31. The molecule has 0 bridgehead atoms. The number of nitrogens with one attached hydrogen (secondary N) is 1. The van der Waals surface area contributed by atoms with Gasteiger partial charge in [0.05, 0.1) is 0 Å². The zero-order valence-electron chi connectivity index (χ0n) is 17.6. The van der Waals surface area contributed by atoms with Crippen molar-refractivity contribution in [3.05, 3.63) is 102 Å². The lowest BCUT2D eigenvalue weighted by Gasteiger charge is -2.18. The molecule has 0 heterocycles. The number of benzene rings is 3. The number of rotatable bonds is 10. The van der Waals surface area contributed by atoms with Crippen molar-refractivity contribution in [1.29, 1.82) is 0 Å². The van der Waals surface area contributed by atoms with Crippen LogP contribution in [0.2, 0.25) is 0 Å². The summed E-state index contributed by atoms with van der Waals surface area (Å²) in [5, 5.41) is 2.83. The summed E-state index contributed by atoms with van der Waals surface area (Å²) >= 11 is 0. The maximum Gasteiger partial charge on any atom is 0.344 e. The van der Waals surface area contributed by atoms with Crippen LogP contribution in [0.1, 0.15) is 29.0 Å². The van der Waals surface area contributed by atoms with E-state index < -0.39 is 5.97 Å². The van der Waals surface area contributed by atoms with Crippen molar-refractivity contribution in [2.45, 2.75) is 19.3 Å². The van der Waals surface area contributed by atoms with Gasteiger partial charge in [-0.25, -0.2) is 4.79 Å². The number of ether oxygens (including phenoxy) is 2. The Morgan fingerprint density at radius 1 is 0.806 bits per heavy atom. The molecule has 3 aromatic rings. The molecular weight excluding hydrogens is 390 g/mol. The molecule has 0 unspecified atom stereocenters. The van der Waals surface area contributed by atoms with E-state index in [9.17, 15) is 9.59 Å². The fraction of sp³-hybridized carbons (Fsp3) is 0.231. The van der Waals surface area contributed by atoms with Gasteiger partial charge in [-0.2, -0.15) is 0 Å². The van der Waals surface area contributed by atoms with Gasteiger partial charge in [0.25, 0.3) is 5.91 Å². The molecule has 0 aliphatic rings. The molecule has 0 fully saturated rings. The number of aryl methyl sites for hydroxylation is 1. The van der Waals surface area contributed by atoms with Crippen molar-refractivity contribution in [3.8, 4) is 5.75 Å². The smallest absolute Gasteiger partial charge is 0.344 e. The van der Waals surface area contributed by atoms with Crippen LogP contribution in [0.5, 0.6) is 5.75 Å². The minimum absolute atomic E-state index is 0.174. The number of para-hydroxylation sites is 1. The van der Waals surface area contributed by atoms with Crippen LogP contribution in [0.15, 0.2) is 84.9 Å². The molecule has 0 radical (unpaired) electrons. The Morgan fingerprint density at radius 3 is 2.00 bits per heavy atom. The monoisotopic (exact) mass is 417 g/mol. The van der Waals surface area contributed by atoms with Gasteiger partial charge in [0.1, 0.15) is 5.75 Å². The van der Waals surface area contributed by atoms with Crippen LogP contribution in [0, 0.1) is 6.92 Å². The van der Waals surface area contributed by atoms with Crippen molar-refractivity contribution in [1.82, 2.24) is 5.32 Å². The third kappa shape index (κ3) is 7.00. The van der Waals surface area contributed by atoms with E-state index in [1.165, 1.54) is 11.1 Å². The molecule has 0 aliphatic heterocycles. The van der Waals surface area contributed by atoms with E-state index in [4.69, 9.17) is 9.47 Å².